The van der Waals surface area contributed by atoms with Crippen LogP contribution in [0.3, 0.4) is 0 Å². The highest BCUT2D eigenvalue weighted by molar-refractivity contribution is 5.93. The summed E-state index contributed by atoms with van der Waals surface area (Å²) >= 11 is 0. The van der Waals surface area contributed by atoms with Crippen LogP contribution in [-0.2, 0) is 24.4 Å². The van der Waals surface area contributed by atoms with Crippen molar-refractivity contribution in [2.24, 2.45) is 0 Å². The fourth-order valence-electron chi connectivity index (χ4n) is 3.32. The van der Waals surface area contributed by atoms with Gasteiger partial charge in [0, 0.05) is 6.54 Å². The predicted octanol–water partition coefficient (Wildman–Crippen LogP) is 2.64. The van der Waals surface area contributed by atoms with E-state index in [-0.39, 0.29) is 30.1 Å². The Balaban J connectivity index is 1.42. The fourth-order valence-corrected chi connectivity index (χ4v) is 3.32. The lowest BCUT2D eigenvalue weighted by atomic mass is 10.1. The van der Waals surface area contributed by atoms with E-state index in [1.165, 1.54) is 12.1 Å². The smallest absolute Gasteiger partial charge is 0.274 e. The Morgan fingerprint density at radius 1 is 1.20 bits per heavy atom. The molecule has 0 unspecified atom stereocenters. The van der Waals surface area contributed by atoms with Gasteiger partial charge in [0.2, 0.25) is 0 Å². The lowest BCUT2D eigenvalue weighted by molar-refractivity contribution is -0.00180. The SMILES string of the molecule is COc1ccc(CNC(=O)c2nnn3c2CO[C@H](c2ccc(F)cc2)C3)cc1OC. The molecule has 30 heavy (non-hydrogen) atoms. The molecule has 4 rings (SSSR count). The van der Waals surface area contributed by atoms with Gasteiger partial charge in [0.25, 0.3) is 5.91 Å². The van der Waals surface area contributed by atoms with Gasteiger partial charge in [-0.15, -0.1) is 5.10 Å². The monoisotopic (exact) mass is 412 g/mol. The standard InChI is InChI=1S/C21H21FN4O4/c1-28-17-8-3-13(9-18(17)29-2)10-23-21(27)20-16-12-30-19(11-26(16)25-24-20)14-4-6-15(22)7-5-14/h3-9,19H,10-12H2,1-2H3,(H,23,27)/t19-/m0/s1. The Labute approximate surface area is 172 Å². The van der Waals surface area contributed by atoms with E-state index in [2.05, 4.69) is 15.6 Å². The minimum Gasteiger partial charge on any atom is -0.493 e. The van der Waals surface area contributed by atoms with Gasteiger partial charge < -0.3 is 19.5 Å². The van der Waals surface area contributed by atoms with E-state index in [1.54, 1.807) is 43.2 Å². The largest absolute Gasteiger partial charge is 0.493 e. The van der Waals surface area contributed by atoms with E-state index >= 15 is 0 Å². The van der Waals surface area contributed by atoms with E-state index in [4.69, 9.17) is 14.2 Å². The lowest BCUT2D eigenvalue weighted by Crippen LogP contribution is -2.27. The van der Waals surface area contributed by atoms with Crippen LogP contribution < -0.4 is 14.8 Å². The van der Waals surface area contributed by atoms with E-state index in [9.17, 15) is 9.18 Å². The molecule has 0 radical (unpaired) electrons. The molecular weight excluding hydrogens is 391 g/mol. The first kappa shape index (κ1) is 19.8. The summed E-state index contributed by atoms with van der Waals surface area (Å²) in [6.45, 7) is 0.885. The number of hydrogen-bond donors (Lipinski definition) is 1. The number of fused-ring (bicyclic) bond motifs is 1. The van der Waals surface area contributed by atoms with Gasteiger partial charge in [0.15, 0.2) is 17.2 Å². The van der Waals surface area contributed by atoms with Gasteiger partial charge in [0.05, 0.1) is 33.1 Å². The zero-order valence-electron chi connectivity index (χ0n) is 16.6. The third-order valence-corrected chi connectivity index (χ3v) is 4.96. The summed E-state index contributed by atoms with van der Waals surface area (Å²) in [5.74, 6) is 0.567. The van der Waals surface area contributed by atoms with Crippen LogP contribution in [0, 0.1) is 5.82 Å². The Morgan fingerprint density at radius 2 is 1.97 bits per heavy atom. The first-order valence-corrected chi connectivity index (χ1v) is 9.37. The molecule has 1 N–H and O–H groups in total. The first-order valence-electron chi connectivity index (χ1n) is 9.37. The number of nitrogens with one attached hydrogen (secondary N) is 1. The van der Waals surface area contributed by atoms with Crippen molar-refractivity contribution < 1.29 is 23.4 Å². The summed E-state index contributed by atoms with van der Waals surface area (Å²) in [5, 5.41) is 11.0. The third kappa shape index (κ3) is 3.97. The summed E-state index contributed by atoms with van der Waals surface area (Å²) in [7, 11) is 3.12. The molecule has 1 atom stereocenters. The van der Waals surface area contributed by atoms with Crippen LogP contribution in [0.2, 0.25) is 0 Å². The zero-order valence-corrected chi connectivity index (χ0v) is 16.6. The van der Waals surface area contributed by atoms with E-state index in [0.29, 0.717) is 30.3 Å². The Hall–Kier alpha value is -3.46. The number of carbonyl (C=O) groups is 1. The van der Waals surface area contributed by atoms with Crippen LogP contribution in [0.25, 0.3) is 0 Å². The van der Waals surface area contributed by atoms with Crippen molar-refractivity contribution in [1.29, 1.82) is 0 Å². The number of benzene rings is 2. The molecule has 1 amide bonds. The molecule has 1 aliphatic heterocycles. The van der Waals surface area contributed by atoms with Crippen molar-refractivity contribution in [2.45, 2.75) is 25.8 Å². The molecule has 0 spiro atoms. The fraction of sp³-hybridized carbons (Fsp3) is 0.286. The minimum atomic E-state index is -0.338. The Bertz CT molecular complexity index is 1050. The summed E-state index contributed by atoms with van der Waals surface area (Å²) in [4.78, 5) is 12.6. The molecule has 1 aliphatic rings. The maximum Gasteiger partial charge on any atom is 0.274 e. The zero-order chi connectivity index (χ0) is 21.1. The van der Waals surface area contributed by atoms with Gasteiger partial charge in [-0.3, -0.25) is 4.79 Å². The van der Waals surface area contributed by atoms with Gasteiger partial charge in [0.1, 0.15) is 11.9 Å². The number of methoxy groups -OCH3 is 2. The topological polar surface area (TPSA) is 87.5 Å². The summed E-state index contributed by atoms with van der Waals surface area (Å²) in [5.41, 5.74) is 2.54. The normalized spacial score (nSPS) is 15.4. The number of hydrogen-bond acceptors (Lipinski definition) is 6. The summed E-state index contributed by atoms with van der Waals surface area (Å²) in [6.07, 6.45) is -0.275. The number of ether oxygens (including phenoxy) is 3. The van der Waals surface area contributed by atoms with E-state index in [1.807, 2.05) is 6.07 Å². The second kappa shape index (κ2) is 8.50. The van der Waals surface area contributed by atoms with Gasteiger partial charge in [-0.05, 0) is 35.4 Å². The van der Waals surface area contributed by atoms with Gasteiger partial charge >= 0.3 is 0 Å². The second-order valence-corrected chi connectivity index (χ2v) is 6.79. The highest BCUT2D eigenvalue weighted by Gasteiger charge is 2.27. The van der Waals surface area contributed by atoms with Crippen molar-refractivity contribution in [3.63, 3.8) is 0 Å². The quantitative estimate of drug-likeness (QED) is 0.670. The third-order valence-electron chi connectivity index (χ3n) is 4.96. The molecule has 1 aromatic heterocycles. The van der Waals surface area contributed by atoms with Crippen LogP contribution in [0.4, 0.5) is 4.39 Å². The maximum absolute atomic E-state index is 13.1. The van der Waals surface area contributed by atoms with Crippen LogP contribution in [0.1, 0.15) is 33.4 Å². The molecule has 8 nitrogen and oxygen atoms in total. The first-order chi connectivity index (χ1) is 14.6. The Kier molecular flexibility index (Phi) is 5.62. The van der Waals surface area contributed by atoms with Crippen molar-refractivity contribution in [2.75, 3.05) is 14.2 Å². The van der Waals surface area contributed by atoms with Crippen molar-refractivity contribution in [1.82, 2.24) is 20.3 Å². The number of halogens is 1. The number of carbonyl (C=O) groups excluding carboxylic acids is 1. The number of amides is 1. The van der Waals surface area contributed by atoms with Gasteiger partial charge in [-0.1, -0.05) is 23.4 Å². The van der Waals surface area contributed by atoms with E-state index in [0.717, 1.165) is 11.1 Å². The molecule has 0 saturated carbocycles. The van der Waals surface area contributed by atoms with Crippen LogP contribution in [0.15, 0.2) is 42.5 Å². The molecule has 0 bridgehead atoms. The Morgan fingerprint density at radius 3 is 2.70 bits per heavy atom. The summed E-state index contributed by atoms with van der Waals surface area (Å²) < 4.78 is 31.2. The molecule has 0 saturated heterocycles. The van der Waals surface area contributed by atoms with E-state index < -0.39 is 0 Å². The summed E-state index contributed by atoms with van der Waals surface area (Å²) in [6, 6.07) is 11.6. The molecule has 3 aromatic rings. The van der Waals surface area contributed by atoms with Gasteiger partial charge in [-0.2, -0.15) is 0 Å². The van der Waals surface area contributed by atoms with Crippen LogP contribution >= 0.6 is 0 Å². The van der Waals surface area contributed by atoms with Crippen molar-refractivity contribution >= 4 is 5.91 Å². The van der Waals surface area contributed by atoms with Crippen molar-refractivity contribution in [3.8, 4) is 11.5 Å². The van der Waals surface area contributed by atoms with Crippen LogP contribution in [0.5, 0.6) is 11.5 Å². The lowest BCUT2D eigenvalue weighted by Gasteiger charge is -2.24. The number of nitrogens with zero attached hydrogens (tertiary/aromatic N) is 3. The molecule has 156 valence electrons. The molecular formula is C21H21FN4O4. The molecule has 0 fully saturated rings. The highest BCUT2D eigenvalue weighted by Crippen LogP contribution is 2.28. The molecule has 9 heteroatoms. The average Bonchev–Trinajstić information content (AvgIpc) is 3.21. The maximum atomic E-state index is 13.1. The van der Waals surface area contributed by atoms with Gasteiger partial charge in [-0.25, -0.2) is 9.07 Å². The molecule has 2 aromatic carbocycles. The predicted molar refractivity (Wildman–Crippen MR) is 105 cm³/mol. The molecule has 0 aliphatic carbocycles. The second-order valence-electron chi connectivity index (χ2n) is 6.79. The number of rotatable bonds is 6. The average molecular weight is 412 g/mol. The van der Waals surface area contributed by atoms with Crippen molar-refractivity contribution in [3.05, 3.63) is 70.8 Å². The number of aromatic nitrogens is 3. The highest BCUT2D eigenvalue weighted by atomic mass is 19.1. The minimum absolute atomic E-state index is 0.189. The molecule has 2 heterocycles. The van der Waals surface area contributed by atoms with Crippen LogP contribution in [-0.4, -0.2) is 35.1 Å².